The van der Waals surface area contributed by atoms with E-state index in [1.165, 1.54) is 0 Å². The molecule has 0 saturated carbocycles. The standard InChI is InChI=1S/C40H44O10/c1-7-15-27(41)47-37-23-19-13-21-25(45-11-5)31(23)39(49-29(43)17-9-3)35-33(37)34-36(35)40(50-30(44)18-10-4)32-24(20-14-22-26(32)46-12-6)38(34)48-28(42)16-8-2/h13-14,19-22H,7-12,15-18H2,1-6H3. The summed E-state index contributed by atoms with van der Waals surface area (Å²) in [5.41, 5.74) is 0. The highest BCUT2D eigenvalue weighted by molar-refractivity contribution is 6.04. The molecular weight excluding hydrogens is 640 g/mol. The number of ether oxygens (including phenoxy) is 6. The number of benzene rings is 4. The topological polar surface area (TPSA) is 124 Å². The fourth-order valence-electron chi connectivity index (χ4n) is 6.22. The summed E-state index contributed by atoms with van der Waals surface area (Å²) in [5, 5.41) is 3.26. The lowest BCUT2D eigenvalue weighted by Gasteiger charge is -2.24. The summed E-state index contributed by atoms with van der Waals surface area (Å²) in [5.74, 6) is -0.400. The van der Waals surface area contributed by atoms with Gasteiger partial charge in [0.2, 0.25) is 0 Å². The molecule has 4 aromatic rings. The van der Waals surface area contributed by atoms with Gasteiger partial charge in [-0.1, -0.05) is 52.0 Å². The van der Waals surface area contributed by atoms with Gasteiger partial charge in [-0.2, -0.15) is 0 Å². The number of fused-ring (bicyclic) bond motifs is 4. The highest BCUT2D eigenvalue weighted by Crippen LogP contribution is 2.50. The predicted molar refractivity (Wildman–Crippen MR) is 188 cm³/mol. The molecule has 0 spiro atoms. The minimum atomic E-state index is -0.485. The summed E-state index contributed by atoms with van der Waals surface area (Å²) in [7, 11) is 0. The summed E-state index contributed by atoms with van der Waals surface area (Å²) < 4.78 is 36.8. The molecule has 0 radical (unpaired) electrons. The van der Waals surface area contributed by atoms with E-state index in [2.05, 4.69) is 0 Å². The van der Waals surface area contributed by atoms with E-state index in [1.807, 2.05) is 41.5 Å². The highest BCUT2D eigenvalue weighted by atomic mass is 16.6. The van der Waals surface area contributed by atoms with Crippen LogP contribution in [0.1, 0.15) is 92.9 Å². The summed E-state index contributed by atoms with van der Waals surface area (Å²) in [6, 6.07) is 10.6. The fraction of sp³-hybridized carbons (Fsp3) is 0.400. The second kappa shape index (κ2) is 16.1. The van der Waals surface area contributed by atoms with Gasteiger partial charge in [0.05, 0.1) is 24.0 Å². The van der Waals surface area contributed by atoms with Crippen molar-refractivity contribution in [3.8, 4) is 34.5 Å². The zero-order chi connectivity index (χ0) is 35.9. The van der Waals surface area contributed by atoms with Crippen LogP contribution in [0.4, 0.5) is 0 Å². The Kier molecular flexibility index (Phi) is 11.6. The second-order valence-corrected chi connectivity index (χ2v) is 11.9. The van der Waals surface area contributed by atoms with E-state index < -0.39 is 23.9 Å². The monoisotopic (exact) mass is 684 g/mol. The van der Waals surface area contributed by atoms with Gasteiger partial charge in [-0.15, -0.1) is 0 Å². The number of hydrogen-bond acceptors (Lipinski definition) is 10. The Labute approximate surface area is 290 Å². The first kappa shape index (κ1) is 36.2. The van der Waals surface area contributed by atoms with Gasteiger partial charge in [-0.25, -0.2) is 0 Å². The first-order chi connectivity index (χ1) is 24.2. The van der Waals surface area contributed by atoms with E-state index >= 15 is 0 Å². The molecule has 1 aliphatic carbocycles. The molecule has 0 bridgehead atoms. The van der Waals surface area contributed by atoms with Crippen LogP contribution in [0, 0.1) is 20.9 Å². The van der Waals surface area contributed by atoms with Crippen LogP contribution >= 0.6 is 0 Å². The minimum Gasteiger partial charge on any atom is -0.493 e. The molecule has 5 rings (SSSR count). The first-order valence-corrected chi connectivity index (χ1v) is 17.6. The van der Waals surface area contributed by atoms with Crippen LogP contribution in [0.5, 0.6) is 34.5 Å². The third-order valence-electron chi connectivity index (χ3n) is 8.18. The van der Waals surface area contributed by atoms with Gasteiger partial charge in [0.1, 0.15) is 23.0 Å². The van der Waals surface area contributed by atoms with Crippen LogP contribution < -0.4 is 28.4 Å². The Morgan fingerprint density at radius 3 is 1.04 bits per heavy atom. The summed E-state index contributed by atoms with van der Waals surface area (Å²) in [4.78, 5) is 53.2. The maximum absolute atomic E-state index is 13.3. The van der Waals surface area contributed by atoms with Crippen LogP contribution in [0.3, 0.4) is 0 Å². The van der Waals surface area contributed by atoms with Crippen molar-refractivity contribution < 1.29 is 47.6 Å². The third-order valence-corrected chi connectivity index (χ3v) is 8.18. The molecule has 0 N–H and O–H groups in total. The largest absolute Gasteiger partial charge is 0.493 e. The van der Waals surface area contributed by atoms with Gasteiger partial charge in [0.15, 0.2) is 11.5 Å². The van der Waals surface area contributed by atoms with Crippen molar-refractivity contribution >= 4 is 45.4 Å². The van der Waals surface area contributed by atoms with Crippen LogP contribution in [0.15, 0.2) is 36.4 Å². The van der Waals surface area contributed by atoms with Gasteiger partial charge in [0, 0.05) is 57.3 Å². The van der Waals surface area contributed by atoms with Crippen LogP contribution in [-0.4, -0.2) is 37.1 Å². The fourth-order valence-corrected chi connectivity index (χ4v) is 6.22. The van der Waals surface area contributed by atoms with Crippen molar-refractivity contribution in [2.75, 3.05) is 13.2 Å². The van der Waals surface area contributed by atoms with Crippen molar-refractivity contribution in [1.82, 2.24) is 0 Å². The third kappa shape index (κ3) is 6.84. The number of carbonyl (C=O) groups is 4. The predicted octanol–water partition coefficient (Wildman–Crippen LogP) is 8.50. The van der Waals surface area contributed by atoms with E-state index in [9.17, 15) is 19.2 Å². The Morgan fingerprint density at radius 1 is 0.440 bits per heavy atom. The summed E-state index contributed by atoms with van der Waals surface area (Å²) in [6.07, 6.45) is 2.75. The average Bonchev–Trinajstić information content (AvgIpc) is 3.06. The van der Waals surface area contributed by atoms with Gasteiger partial charge in [0.25, 0.3) is 0 Å². The maximum Gasteiger partial charge on any atom is 0.311 e. The van der Waals surface area contributed by atoms with Crippen molar-refractivity contribution in [3.63, 3.8) is 0 Å². The van der Waals surface area contributed by atoms with Gasteiger partial charge in [-0.3, -0.25) is 19.2 Å². The molecule has 0 fully saturated rings. The molecule has 0 amide bonds. The molecule has 10 heteroatoms. The minimum absolute atomic E-state index is 0.137. The van der Waals surface area contributed by atoms with Gasteiger partial charge >= 0.3 is 23.9 Å². The molecular formula is C40H44O10. The van der Waals surface area contributed by atoms with Gasteiger partial charge in [-0.05, 0) is 51.7 Å². The molecule has 4 aromatic carbocycles. The number of hydrogen-bond donors (Lipinski definition) is 0. The van der Waals surface area contributed by atoms with Crippen LogP contribution in [0.25, 0.3) is 21.5 Å². The Morgan fingerprint density at radius 2 is 0.740 bits per heavy atom. The lowest BCUT2D eigenvalue weighted by molar-refractivity contribution is -0.135. The molecule has 10 nitrogen and oxygen atoms in total. The van der Waals surface area contributed by atoms with Crippen molar-refractivity contribution in [1.29, 1.82) is 0 Å². The zero-order valence-corrected chi connectivity index (χ0v) is 29.6. The van der Waals surface area contributed by atoms with Gasteiger partial charge < -0.3 is 28.4 Å². The van der Waals surface area contributed by atoms with Crippen molar-refractivity contribution in [3.05, 3.63) is 57.3 Å². The number of esters is 4. The first-order valence-electron chi connectivity index (χ1n) is 17.6. The molecule has 0 atom stereocenters. The molecule has 1 aliphatic rings. The Balaban J connectivity index is 2.13. The smallest absolute Gasteiger partial charge is 0.311 e. The molecule has 0 aliphatic heterocycles. The second-order valence-electron chi connectivity index (χ2n) is 11.9. The lowest BCUT2D eigenvalue weighted by Crippen LogP contribution is -2.16. The summed E-state index contributed by atoms with van der Waals surface area (Å²) >= 11 is 0. The van der Waals surface area contributed by atoms with E-state index in [4.69, 9.17) is 28.4 Å². The van der Waals surface area contributed by atoms with Crippen molar-refractivity contribution in [2.24, 2.45) is 0 Å². The van der Waals surface area contributed by atoms with Crippen LogP contribution in [-0.2, 0) is 19.2 Å². The van der Waals surface area contributed by atoms with E-state index in [0.717, 1.165) is 0 Å². The maximum atomic E-state index is 13.3. The quantitative estimate of drug-likeness (QED) is 0.0738. The average molecular weight is 685 g/mol. The zero-order valence-electron chi connectivity index (χ0n) is 29.6. The molecule has 50 heavy (non-hydrogen) atoms. The Bertz CT molecular complexity index is 2020. The number of rotatable bonds is 16. The molecule has 0 saturated heterocycles. The molecule has 0 aromatic heterocycles. The van der Waals surface area contributed by atoms with E-state index in [1.54, 1.807) is 36.4 Å². The molecule has 0 unspecified atom stereocenters. The lowest BCUT2D eigenvalue weighted by atomic mass is 9.90. The van der Waals surface area contributed by atoms with Crippen LogP contribution in [0.2, 0.25) is 0 Å². The SMILES string of the molecule is CCCC(=O)Oc1c2c(c(OC(=O)CCC)c3c(OCC)cccc13)=c1c(OC(=O)CCC)c3c(OCC)cccc3c(OC(=O)CCC)c1=2. The molecule has 264 valence electrons. The van der Waals surface area contributed by atoms with Crippen molar-refractivity contribution in [2.45, 2.75) is 92.9 Å². The van der Waals surface area contributed by atoms with E-state index in [0.29, 0.717) is 92.8 Å². The summed E-state index contributed by atoms with van der Waals surface area (Å²) in [6.45, 7) is 11.8. The normalized spacial score (nSPS) is 11.3. The Hall–Kier alpha value is -5.12. The van der Waals surface area contributed by atoms with E-state index in [-0.39, 0.29) is 48.7 Å². The number of carbonyl (C=O) groups excluding carboxylic acids is 4. The highest BCUT2D eigenvalue weighted by Gasteiger charge is 2.32. The molecule has 0 heterocycles.